The molecule has 0 unspecified atom stereocenters. The van der Waals surface area contributed by atoms with E-state index < -0.39 is 23.6 Å². The van der Waals surface area contributed by atoms with E-state index in [1.54, 1.807) is 12.1 Å². The second kappa shape index (κ2) is 5.85. The highest BCUT2D eigenvalue weighted by Gasteiger charge is 2.31. The zero-order valence-corrected chi connectivity index (χ0v) is 12.2. The minimum Gasteiger partial charge on any atom is -0.481 e. The molecular formula is C13H13FINO3. The molecule has 1 amide bonds. The van der Waals surface area contributed by atoms with Crippen LogP contribution in [0.3, 0.4) is 0 Å². The summed E-state index contributed by atoms with van der Waals surface area (Å²) in [4.78, 5) is 22.9. The maximum atomic E-state index is 13.6. The van der Waals surface area contributed by atoms with E-state index in [2.05, 4.69) is 5.32 Å². The van der Waals surface area contributed by atoms with Gasteiger partial charge in [0.2, 0.25) is 0 Å². The standard InChI is InChI=1S/C13H13FINO3/c14-9-2-1-3-10(15)11(9)12(17)16-8-5-4-7(6-8)13(18)19/h1-3,7-8H,4-6H2,(H,16,17)(H,18,19)/t7-,8+/m0/s1. The van der Waals surface area contributed by atoms with Gasteiger partial charge in [0.15, 0.2) is 0 Å². The van der Waals surface area contributed by atoms with Crippen molar-refractivity contribution in [1.82, 2.24) is 5.32 Å². The van der Waals surface area contributed by atoms with E-state index >= 15 is 0 Å². The van der Waals surface area contributed by atoms with Crippen LogP contribution in [0.4, 0.5) is 4.39 Å². The Balaban J connectivity index is 2.05. The lowest BCUT2D eigenvalue weighted by molar-refractivity contribution is -0.141. The van der Waals surface area contributed by atoms with Gasteiger partial charge in [-0.2, -0.15) is 0 Å². The van der Waals surface area contributed by atoms with Gasteiger partial charge in [-0.3, -0.25) is 9.59 Å². The van der Waals surface area contributed by atoms with Crippen molar-refractivity contribution < 1.29 is 19.1 Å². The van der Waals surface area contributed by atoms with Gasteiger partial charge in [0.25, 0.3) is 5.91 Å². The van der Waals surface area contributed by atoms with E-state index in [9.17, 15) is 14.0 Å². The molecule has 0 aromatic heterocycles. The molecule has 1 fully saturated rings. The van der Waals surface area contributed by atoms with Crippen LogP contribution in [0.1, 0.15) is 29.6 Å². The molecule has 1 saturated carbocycles. The first kappa shape index (κ1) is 14.2. The SMILES string of the molecule is O=C(N[C@@H]1CC[C@H](C(=O)O)C1)c1c(F)cccc1I. The molecule has 1 aliphatic carbocycles. The van der Waals surface area contributed by atoms with Crippen LogP contribution in [0.15, 0.2) is 18.2 Å². The first-order valence-corrected chi connectivity index (χ1v) is 7.04. The van der Waals surface area contributed by atoms with Crippen LogP contribution < -0.4 is 5.32 Å². The van der Waals surface area contributed by atoms with Crippen molar-refractivity contribution in [2.24, 2.45) is 5.92 Å². The average molecular weight is 377 g/mol. The highest BCUT2D eigenvalue weighted by Crippen LogP contribution is 2.26. The quantitative estimate of drug-likeness (QED) is 0.796. The van der Waals surface area contributed by atoms with Crippen LogP contribution >= 0.6 is 22.6 Å². The normalized spacial score (nSPS) is 22.2. The van der Waals surface area contributed by atoms with E-state index in [1.807, 2.05) is 22.6 Å². The lowest BCUT2D eigenvalue weighted by atomic mass is 10.1. The van der Waals surface area contributed by atoms with Gasteiger partial charge in [-0.1, -0.05) is 6.07 Å². The van der Waals surface area contributed by atoms with Crippen LogP contribution in [-0.4, -0.2) is 23.0 Å². The minimum atomic E-state index is -0.836. The number of carboxylic acids is 1. The second-order valence-corrected chi connectivity index (χ2v) is 5.78. The van der Waals surface area contributed by atoms with Crippen LogP contribution in [0, 0.1) is 15.3 Å². The fourth-order valence-corrected chi connectivity index (χ4v) is 3.02. The van der Waals surface area contributed by atoms with Crippen molar-refractivity contribution in [3.63, 3.8) is 0 Å². The van der Waals surface area contributed by atoms with Gasteiger partial charge in [0, 0.05) is 9.61 Å². The number of rotatable bonds is 3. The Labute approximate surface area is 123 Å². The summed E-state index contributed by atoms with van der Waals surface area (Å²) in [6.45, 7) is 0. The summed E-state index contributed by atoms with van der Waals surface area (Å²) < 4.78 is 14.2. The molecule has 19 heavy (non-hydrogen) atoms. The van der Waals surface area contributed by atoms with E-state index in [0.29, 0.717) is 22.8 Å². The third-order valence-electron chi connectivity index (χ3n) is 3.31. The lowest BCUT2D eigenvalue weighted by Gasteiger charge is -2.13. The van der Waals surface area contributed by atoms with Crippen LogP contribution in [0.5, 0.6) is 0 Å². The molecule has 0 bridgehead atoms. The Morgan fingerprint density at radius 3 is 2.68 bits per heavy atom. The summed E-state index contributed by atoms with van der Waals surface area (Å²) in [7, 11) is 0. The van der Waals surface area contributed by atoms with Crippen LogP contribution in [-0.2, 0) is 4.79 Å². The first-order valence-electron chi connectivity index (χ1n) is 5.96. The summed E-state index contributed by atoms with van der Waals surface area (Å²) >= 11 is 1.91. The van der Waals surface area contributed by atoms with Gasteiger partial charge in [-0.25, -0.2) is 4.39 Å². The Hall–Kier alpha value is -1.18. The van der Waals surface area contributed by atoms with E-state index in [-0.39, 0.29) is 11.6 Å². The number of benzene rings is 1. The highest BCUT2D eigenvalue weighted by molar-refractivity contribution is 14.1. The number of hydrogen-bond acceptors (Lipinski definition) is 2. The van der Waals surface area contributed by atoms with E-state index in [0.717, 1.165) is 0 Å². The number of carbonyl (C=O) groups is 2. The molecule has 0 saturated heterocycles. The van der Waals surface area contributed by atoms with Gasteiger partial charge >= 0.3 is 5.97 Å². The molecular weight excluding hydrogens is 364 g/mol. The van der Waals surface area contributed by atoms with Crippen LogP contribution in [0.2, 0.25) is 0 Å². The number of amides is 1. The monoisotopic (exact) mass is 377 g/mol. The number of halogens is 2. The van der Waals surface area contributed by atoms with Crippen molar-refractivity contribution in [3.05, 3.63) is 33.1 Å². The fraction of sp³-hybridized carbons (Fsp3) is 0.385. The fourth-order valence-electron chi connectivity index (χ4n) is 2.31. The summed E-state index contributed by atoms with van der Waals surface area (Å²) in [5.41, 5.74) is 0.0295. The molecule has 6 heteroatoms. The Morgan fingerprint density at radius 1 is 1.37 bits per heavy atom. The predicted molar refractivity (Wildman–Crippen MR) is 75.3 cm³/mol. The summed E-state index contributed by atoms with van der Waals surface area (Å²) in [5, 5.41) is 11.6. The average Bonchev–Trinajstić information content (AvgIpc) is 2.77. The number of aliphatic carboxylic acids is 1. The molecule has 1 aromatic rings. The van der Waals surface area contributed by atoms with Crippen molar-refractivity contribution in [1.29, 1.82) is 0 Å². The lowest BCUT2D eigenvalue weighted by Crippen LogP contribution is -2.34. The van der Waals surface area contributed by atoms with E-state index in [1.165, 1.54) is 6.07 Å². The number of nitrogens with one attached hydrogen (secondary N) is 1. The Kier molecular flexibility index (Phi) is 4.38. The maximum absolute atomic E-state index is 13.6. The zero-order chi connectivity index (χ0) is 14.0. The third kappa shape index (κ3) is 3.23. The van der Waals surface area contributed by atoms with Crippen molar-refractivity contribution in [3.8, 4) is 0 Å². The van der Waals surface area contributed by atoms with Crippen LogP contribution in [0.25, 0.3) is 0 Å². The van der Waals surface area contributed by atoms with Gasteiger partial charge < -0.3 is 10.4 Å². The van der Waals surface area contributed by atoms with E-state index in [4.69, 9.17) is 5.11 Å². The molecule has 1 aliphatic rings. The minimum absolute atomic E-state index is 0.0295. The van der Waals surface area contributed by atoms with Gasteiger partial charge in [0.1, 0.15) is 5.82 Å². The molecule has 1 aromatic carbocycles. The van der Waals surface area contributed by atoms with Gasteiger partial charge in [-0.15, -0.1) is 0 Å². The zero-order valence-electron chi connectivity index (χ0n) is 10.0. The molecule has 2 N–H and O–H groups in total. The topological polar surface area (TPSA) is 66.4 Å². The summed E-state index contributed by atoms with van der Waals surface area (Å²) in [5.74, 6) is -2.28. The van der Waals surface area contributed by atoms with Crippen molar-refractivity contribution in [2.75, 3.05) is 0 Å². The molecule has 2 atom stereocenters. The van der Waals surface area contributed by atoms with Crippen molar-refractivity contribution >= 4 is 34.5 Å². The van der Waals surface area contributed by atoms with Crippen molar-refractivity contribution in [2.45, 2.75) is 25.3 Å². The maximum Gasteiger partial charge on any atom is 0.306 e. The highest BCUT2D eigenvalue weighted by atomic mass is 127. The molecule has 102 valence electrons. The third-order valence-corrected chi connectivity index (χ3v) is 4.21. The number of carboxylic acid groups (broad SMARTS) is 1. The summed E-state index contributed by atoms with van der Waals surface area (Å²) in [6, 6.07) is 4.26. The molecule has 0 spiro atoms. The number of carbonyl (C=O) groups excluding carboxylic acids is 1. The summed E-state index contributed by atoms with van der Waals surface area (Å²) in [6.07, 6.45) is 1.58. The molecule has 0 aliphatic heterocycles. The Morgan fingerprint density at radius 2 is 2.11 bits per heavy atom. The molecule has 2 rings (SSSR count). The Bertz CT molecular complexity index is 500. The predicted octanol–water partition coefficient (Wildman–Crippen LogP) is 2.41. The second-order valence-electron chi connectivity index (χ2n) is 4.62. The smallest absolute Gasteiger partial charge is 0.306 e. The molecule has 4 nitrogen and oxygen atoms in total. The largest absolute Gasteiger partial charge is 0.481 e. The van der Waals surface area contributed by atoms with Gasteiger partial charge in [0.05, 0.1) is 11.5 Å². The first-order chi connectivity index (χ1) is 8.99. The molecule has 0 radical (unpaired) electrons. The van der Waals surface area contributed by atoms with Gasteiger partial charge in [-0.05, 0) is 54.0 Å². The molecule has 0 heterocycles. The number of hydrogen-bond donors (Lipinski definition) is 2.